The molecule has 2 heterocycles. The van der Waals surface area contributed by atoms with Crippen molar-refractivity contribution in [1.29, 1.82) is 0 Å². The maximum Gasteiger partial charge on any atom is 0.0964 e. The van der Waals surface area contributed by atoms with Crippen LogP contribution in [0.2, 0.25) is 0 Å². The monoisotopic (exact) mass is 294 g/mol. The third kappa shape index (κ3) is 5.37. The summed E-state index contributed by atoms with van der Waals surface area (Å²) >= 11 is 0. The highest BCUT2D eigenvalue weighted by molar-refractivity contribution is 4.91. The summed E-state index contributed by atoms with van der Waals surface area (Å²) < 4.78 is 1.97. The van der Waals surface area contributed by atoms with Gasteiger partial charge in [0.15, 0.2) is 0 Å². The molecule has 1 aromatic heterocycles. The second kappa shape index (κ2) is 8.46. The summed E-state index contributed by atoms with van der Waals surface area (Å²) in [4.78, 5) is 5.07. The van der Waals surface area contributed by atoms with Crippen LogP contribution in [0.25, 0.3) is 0 Å². The molecule has 6 heteroatoms. The highest BCUT2D eigenvalue weighted by Crippen LogP contribution is 2.05. The van der Waals surface area contributed by atoms with Crippen LogP contribution >= 0.6 is 0 Å². The van der Waals surface area contributed by atoms with Gasteiger partial charge in [0.05, 0.1) is 12.2 Å². The molecule has 6 nitrogen and oxygen atoms in total. The number of nitrogens with one attached hydrogen (secondary N) is 1. The molecule has 0 unspecified atom stereocenters. The molecule has 0 aromatic carbocycles. The summed E-state index contributed by atoms with van der Waals surface area (Å²) in [6.45, 7) is 15.3. The van der Waals surface area contributed by atoms with Crippen molar-refractivity contribution in [3.63, 3.8) is 0 Å². The van der Waals surface area contributed by atoms with E-state index in [1.54, 1.807) is 0 Å². The number of aromatic nitrogens is 3. The molecule has 120 valence electrons. The smallest absolute Gasteiger partial charge is 0.0964 e. The zero-order chi connectivity index (χ0) is 15.1. The highest BCUT2D eigenvalue weighted by Gasteiger charge is 2.18. The van der Waals surface area contributed by atoms with Crippen molar-refractivity contribution in [2.75, 3.05) is 39.3 Å². The van der Waals surface area contributed by atoms with Crippen LogP contribution < -0.4 is 5.32 Å². The highest BCUT2D eigenvalue weighted by atomic mass is 15.4. The van der Waals surface area contributed by atoms with E-state index in [1.807, 2.05) is 4.68 Å². The largest absolute Gasteiger partial charge is 0.311 e. The van der Waals surface area contributed by atoms with Gasteiger partial charge in [0.2, 0.25) is 0 Å². The lowest BCUT2D eigenvalue weighted by molar-refractivity contribution is 0.105. The summed E-state index contributed by atoms with van der Waals surface area (Å²) in [6, 6.07) is 0.667. The van der Waals surface area contributed by atoms with E-state index in [1.165, 1.54) is 13.1 Å². The van der Waals surface area contributed by atoms with E-state index >= 15 is 0 Å². The summed E-state index contributed by atoms with van der Waals surface area (Å²) in [5.41, 5.74) is 1.04. The molecule has 0 radical (unpaired) electrons. The second-order valence-electron chi connectivity index (χ2n) is 6.12. The minimum atomic E-state index is 0.667. The van der Waals surface area contributed by atoms with Crippen LogP contribution in [0.15, 0.2) is 6.20 Å². The molecule has 0 spiro atoms. The number of hydrogen-bond donors (Lipinski definition) is 1. The fourth-order valence-electron chi connectivity index (χ4n) is 2.67. The summed E-state index contributed by atoms with van der Waals surface area (Å²) in [7, 11) is 0. The Morgan fingerprint density at radius 3 is 2.62 bits per heavy atom. The molecule has 2 rings (SSSR count). The van der Waals surface area contributed by atoms with Gasteiger partial charge in [0.25, 0.3) is 0 Å². The predicted octanol–water partition coefficient (Wildman–Crippen LogP) is 0.804. The summed E-state index contributed by atoms with van der Waals surface area (Å²) in [5.74, 6) is 0. The van der Waals surface area contributed by atoms with Crippen molar-refractivity contribution >= 4 is 0 Å². The molecule has 0 atom stereocenters. The fraction of sp³-hybridized carbons (Fsp3) is 0.867. The quantitative estimate of drug-likeness (QED) is 0.719. The van der Waals surface area contributed by atoms with Crippen LogP contribution in [0.3, 0.4) is 0 Å². The van der Waals surface area contributed by atoms with Crippen LogP contribution in [-0.2, 0) is 13.1 Å². The Kier molecular flexibility index (Phi) is 6.60. The molecule has 1 saturated heterocycles. The maximum absolute atomic E-state index is 4.21. The average molecular weight is 294 g/mol. The zero-order valence-corrected chi connectivity index (χ0v) is 13.8. The summed E-state index contributed by atoms with van der Waals surface area (Å²) in [5, 5.41) is 11.8. The molecule has 1 aromatic rings. The molecule has 0 amide bonds. The Labute approximate surface area is 128 Å². The molecule has 0 bridgehead atoms. The van der Waals surface area contributed by atoms with Gasteiger partial charge in [-0.25, -0.2) is 0 Å². The minimum Gasteiger partial charge on any atom is -0.311 e. The number of hydrogen-bond acceptors (Lipinski definition) is 5. The van der Waals surface area contributed by atoms with Gasteiger partial charge in [-0.1, -0.05) is 12.1 Å². The van der Waals surface area contributed by atoms with Crippen LogP contribution in [-0.4, -0.2) is 70.1 Å². The van der Waals surface area contributed by atoms with E-state index in [4.69, 9.17) is 0 Å². The third-order valence-electron chi connectivity index (χ3n) is 4.10. The summed E-state index contributed by atoms with van der Waals surface area (Å²) in [6.07, 6.45) is 3.21. The molecule has 1 fully saturated rings. The average Bonchev–Trinajstić information content (AvgIpc) is 2.94. The van der Waals surface area contributed by atoms with Gasteiger partial charge >= 0.3 is 0 Å². The predicted molar refractivity (Wildman–Crippen MR) is 85.2 cm³/mol. The van der Waals surface area contributed by atoms with Crippen molar-refractivity contribution in [1.82, 2.24) is 30.1 Å². The van der Waals surface area contributed by atoms with E-state index in [2.05, 4.69) is 52.4 Å². The van der Waals surface area contributed by atoms with E-state index < -0.39 is 0 Å². The molecule has 1 aliphatic rings. The van der Waals surface area contributed by atoms with E-state index in [-0.39, 0.29) is 0 Å². The topological polar surface area (TPSA) is 49.2 Å². The molecular weight excluding hydrogens is 264 g/mol. The Morgan fingerprint density at radius 1 is 1.19 bits per heavy atom. The molecular formula is C15H30N6. The van der Waals surface area contributed by atoms with Gasteiger partial charge in [-0.15, -0.1) is 5.10 Å². The van der Waals surface area contributed by atoms with Gasteiger partial charge in [0.1, 0.15) is 0 Å². The van der Waals surface area contributed by atoms with Crippen molar-refractivity contribution in [2.45, 2.75) is 46.3 Å². The SMILES string of the molecule is CCCNCc1cn(CCN2CCN(C(C)C)CC2)nn1. The Balaban J connectivity index is 1.67. The zero-order valence-electron chi connectivity index (χ0n) is 13.8. The first-order chi connectivity index (χ1) is 10.2. The molecule has 0 saturated carbocycles. The van der Waals surface area contributed by atoms with Gasteiger partial charge in [0, 0.05) is 51.5 Å². The van der Waals surface area contributed by atoms with Gasteiger partial charge in [-0.2, -0.15) is 0 Å². The van der Waals surface area contributed by atoms with E-state index in [9.17, 15) is 0 Å². The van der Waals surface area contributed by atoms with Crippen LogP contribution in [0.5, 0.6) is 0 Å². The lowest BCUT2D eigenvalue weighted by Gasteiger charge is -2.36. The van der Waals surface area contributed by atoms with Crippen LogP contribution in [0.4, 0.5) is 0 Å². The van der Waals surface area contributed by atoms with E-state index in [0.717, 1.165) is 51.4 Å². The maximum atomic E-state index is 4.21. The van der Waals surface area contributed by atoms with Crippen LogP contribution in [0.1, 0.15) is 32.9 Å². The Morgan fingerprint density at radius 2 is 1.95 bits per heavy atom. The van der Waals surface area contributed by atoms with Gasteiger partial charge in [-0.05, 0) is 26.8 Å². The standard InChI is InChI=1S/C15H30N6/c1-4-5-16-12-15-13-21(18-17-15)11-8-19-6-9-20(10-7-19)14(2)3/h13-14,16H,4-12H2,1-3H3. The Hall–Kier alpha value is -0.980. The molecule has 1 aliphatic heterocycles. The Bertz CT molecular complexity index is 395. The number of nitrogens with zero attached hydrogens (tertiary/aromatic N) is 5. The van der Waals surface area contributed by atoms with Crippen molar-refractivity contribution in [3.8, 4) is 0 Å². The van der Waals surface area contributed by atoms with Crippen molar-refractivity contribution < 1.29 is 0 Å². The van der Waals surface area contributed by atoms with Crippen molar-refractivity contribution in [2.24, 2.45) is 0 Å². The van der Waals surface area contributed by atoms with Crippen molar-refractivity contribution in [3.05, 3.63) is 11.9 Å². The molecule has 21 heavy (non-hydrogen) atoms. The minimum absolute atomic E-state index is 0.667. The second-order valence-corrected chi connectivity index (χ2v) is 6.12. The normalized spacial score (nSPS) is 17.7. The molecule has 1 N–H and O–H groups in total. The first-order valence-electron chi connectivity index (χ1n) is 8.25. The van der Waals surface area contributed by atoms with Gasteiger partial charge in [-0.3, -0.25) is 14.5 Å². The first-order valence-corrected chi connectivity index (χ1v) is 8.25. The van der Waals surface area contributed by atoms with Crippen LogP contribution in [0, 0.1) is 0 Å². The lowest BCUT2D eigenvalue weighted by Crippen LogP contribution is -2.49. The number of piperazine rings is 1. The number of rotatable bonds is 8. The third-order valence-corrected chi connectivity index (χ3v) is 4.10. The fourth-order valence-corrected chi connectivity index (χ4v) is 2.67. The molecule has 0 aliphatic carbocycles. The first kappa shape index (κ1) is 16.4. The lowest BCUT2D eigenvalue weighted by atomic mass is 10.2. The van der Waals surface area contributed by atoms with Gasteiger partial charge < -0.3 is 5.32 Å². The van der Waals surface area contributed by atoms with E-state index in [0.29, 0.717) is 6.04 Å².